The van der Waals surface area contributed by atoms with Crippen LogP contribution in [0.3, 0.4) is 0 Å². The first kappa shape index (κ1) is 17.8. The Balaban J connectivity index is 1.77. The summed E-state index contributed by atoms with van der Waals surface area (Å²) in [4.78, 5) is 8.65. The molecule has 0 radical (unpaired) electrons. The van der Waals surface area contributed by atoms with Crippen LogP contribution in [-0.2, 0) is 0 Å². The van der Waals surface area contributed by atoms with Gasteiger partial charge in [-0.15, -0.1) is 0 Å². The molecule has 1 heterocycles. The summed E-state index contributed by atoms with van der Waals surface area (Å²) >= 11 is 3.40. The van der Waals surface area contributed by atoms with Gasteiger partial charge in [-0.3, -0.25) is 0 Å². The van der Waals surface area contributed by atoms with Crippen LogP contribution in [0.1, 0.15) is 12.5 Å². The number of aromatic nitrogens is 2. The summed E-state index contributed by atoms with van der Waals surface area (Å²) in [6.07, 6.45) is 1.62. The van der Waals surface area contributed by atoms with Crippen LogP contribution in [-0.4, -0.2) is 20.9 Å². The van der Waals surface area contributed by atoms with Gasteiger partial charge < -0.3 is 15.8 Å². The summed E-state index contributed by atoms with van der Waals surface area (Å²) in [5.41, 5.74) is 2.84. The van der Waals surface area contributed by atoms with Crippen LogP contribution < -0.4 is 10.6 Å². The van der Waals surface area contributed by atoms with Crippen molar-refractivity contribution in [1.82, 2.24) is 9.97 Å². The molecule has 0 fully saturated rings. The summed E-state index contributed by atoms with van der Waals surface area (Å²) in [5.74, 6) is 0.650. The van der Waals surface area contributed by atoms with E-state index in [1.165, 1.54) is 12.1 Å². The highest BCUT2D eigenvalue weighted by Gasteiger charge is 2.07. The monoisotopic (exact) mass is 415 g/mol. The van der Waals surface area contributed by atoms with Gasteiger partial charge >= 0.3 is 0 Å². The Morgan fingerprint density at radius 3 is 2.31 bits per heavy atom. The maximum Gasteiger partial charge on any atom is 0.229 e. The topological polar surface area (TPSA) is 82.4 Å². The molecule has 132 valence electrons. The van der Waals surface area contributed by atoms with Crippen molar-refractivity contribution in [3.8, 4) is 0 Å². The summed E-state index contributed by atoms with van der Waals surface area (Å²) in [6, 6.07) is 13.3. The van der Waals surface area contributed by atoms with Gasteiger partial charge in [-0.2, -0.15) is 4.98 Å². The predicted molar refractivity (Wildman–Crippen MR) is 103 cm³/mol. The van der Waals surface area contributed by atoms with Crippen molar-refractivity contribution in [2.75, 3.05) is 10.6 Å². The van der Waals surface area contributed by atoms with E-state index in [2.05, 4.69) is 41.7 Å². The molecule has 0 atom stereocenters. The van der Waals surface area contributed by atoms with Crippen LogP contribution in [0.2, 0.25) is 0 Å². The number of benzene rings is 2. The SMILES string of the molecule is CC(=NO)c1ccc(Nc2ncc(Br)c(Nc3ccc(F)cc3)n2)cc1. The van der Waals surface area contributed by atoms with Crippen LogP contribution in [0.15, 0.2) is 64.4 Å². The van der Waals surface area contributed by atoms with Gasteiger partial charge in [0, 0.05) is 17.6 Å². The Hall–Kier alpha value is -3.00. The first-order chi connectivity index (χ1) is 12.5. The fourth-order valence-corrected chi connectivity index (χ4v) is 2.46. The fourth-order valence-electron chi connectivity index (χ4n) is 2.17. The second kappa shape index (κ2) is 7.92. The summed E-state index contributed by atoms with van der Waals surface area (Å²) in [5, 5.41) is 18.2. The molecule has 0 amide bonds. The molecule has 0 spiro atoms. The number of hydrogen-bond acceptors (Lipinski definition) is 6. The lowest BCUT2D eigenvalue weighted by molar-refractivity contribution is 0.319. The van der Waals surface area contributed by atoms with E-state index < -0.39 is 0 Å². The zero-order valence-corrected chi connectivity index (χ0v) is 15.3. The number of nitrogens with one attached hydrogen (secondary N) is 2. The second-order valence-electron chi connectivity index (χ2n) is 5.41. The first-order valence-corrected chi connectivity index (χ1v) is 8.45. The third kappa shape index (κ3) is 4.34. The average Bonchev–Trinajstić information content (AvgIpc) is 2.66. The maximum absolute atomic E-state index is 13.0. The molecule has 0 saturated heterocycles. The van der Waals surface area contributed by atoms with E-state index in [1.807, 2.05) is 24.3 Å². The van der Waals surface area contributed by atoms with Crippen molar-refractivity contribution in [2.24, 2.45) is 5.16 Å². The highest BCUT2D eigenvalue weighted by molar-refractivity contribution is 9.10. The molecule has 26 heavy (non-hydrogen) atoms. The fraction of sp³-hybridized carbons (Fsp3) is 0.0556. The highest BCUT2D eigenvalue weighted by atomic mass is 79.9. The van der Waals surface area contributed by atoms with Gasteiger partial charge in [-0.25, -0.2) is 9.37 Å². The van der Waals surface area contributed by atoms with Crippen LogP contribution in [0.5, 0.6) is 0 Å². The molecule has 2 aromatic carbocycles. The van der Waals surface area contributed by atoms with Crippen LogP contribution >= 0.6 is 15.9 Å². The van der Waals surface area contributed by atoms with Gasteiger partial charge in [0.25, 0.3) is 0 Å². The minimum atomic E-state index is -0.301. The molecule has 0 aliphatic heterocycles. The minimum Gasteiger partial charge on any atom is -0.411 e. The summed E-state index contributed by atoms with van der Waals surface area (Å²) in [6.45, 7) is 1.72. The normalized spacial score (nSPS) is 11.3. The molecule has 3 aromatic rings. The zero-order chi connectivity index (χ0) is 18.5. The van der Waals surface area contributed by atoms with E-state index in [-0.39, 0.29) is 5.82 Å². The Kier molecular flexibility index (Phi) is 5.43. The van der Waals surface area contributed by atoms with Crippen molar-refractivity contribution in [3.05, 3.63) is 70.6 Å². The number of oxime groups is 1. The minimum absolute atomic E-state index is 0.301. The van der Waals surface area contributed by atoms with Gasteiger partial charge in [-0.1, -0.05) is 17.3 Å². The number of rotatable bonds is 5. The van der Waals surface area contributed by atoms with E-state index >= 15 is 0 Å². The third-order valence-electron chi connectivity index (χ3n) is 3.56. The lowest BCUT2D eigenvalue weighted by atomic mass is 10.1. The first-order valence-electron chi connectivity index (χ1n) is 7.66. The number of hydrogen-bond donors (Lipinski definition) is 3. The number of halogens is 2. The Morgan fingerprint density at radius 2 is 1.65 bits per heavy atom. The summed E-state index contributed by atoms with van der Waals surface area (Å²) < 4.78 is 13.7. The molecule has 1 aromatic heterocycles. The van der Waals surface area contributed by atoms with Gasteiger partial charge in [0.1, 0.15) is 11.6 Å². The van der Waals surface area contributed by atoms with Crippen molar-refractivity contribution < 1.29 is 9.60 Å². The molecule has 0 aliphatic rings. The quantitative estimate of drug-likeness (QED) is 0.308. The molecule has 3 N–H and O–H groups in total. The van der Waals surface area contributed by atoms with Gasteiger partial charge in [0.05, 0.1) is 10.2 Å². The van der Waals surface area contributed by atoms with Crippen LogP contribution in [0, 0.1) is 5.82 Å². The molecule has 0 aliphatic carbocycles. The molecular formula is C18H15BrFN5O. The average molecular weight is 416 g/mol. The Morgan fingerprint density at radius 1 is 1.04 bits per heavy atom. The number of nitrogens with zero attached hydrogens (tertiary/aromatic N) is 3. The Bertz CT molecular complexity index is 929. The lowest BCUT2D eigenvalue weighted by Crippen LogP contribution is -2.02. The summed E-state index contributed by atoms with van der Waals surface area (Å²) in [7, 11) is 0. The van der Waals surface area contributed by atoms with E-state index in [0.29, 0.717) is 27.6 Å². The largest absolute Gasteiger partial charge is 0.411 e. The molecule has 8 heteroatoms. The van der Waals surface area contributed by atoms with Crippen LogP contribution in [0.4, 0.5) is 27.5 Å². The zero-order valence-electron chi connectivity index (χ0n) is 13.7. The van der Waals surface area contributed by atoms with Crippen LogP contribution in [0.25, 0.3) is 0 Å². The molecule has 0 bridgehead atoms. The molecule has 0 unspecified atom stereocenters. The van der Waals surface area contributed by atoms with Crippen molar-refractivity contribution in [1.29, 1.82) is 0 Å². The van der Waals surface area contributed by atoms with Gasteiger partial charge in [0.15, 0.2) is 0 Å². The van der Waals surface area contributed by atoms with E-state index in [1.54, 1.807) is 25.3 Å². The Labute approximate surface area is 157 Å². The third-order valence-corrected chi connectivity index (χ3v) is 4.14. The van der Waals surface area contributed by atoms with E-state index in [4.69, 9.17) is 5.21 Å². The smallest absolute Gasteiger partial charge is 0.229 e. The van der Waals surface area contributed by atoms with Crippen molar-refractivity contribution in [3.63, 3.8) is 0 Å². The van der Waals surface area contributed by atoms with Gasteiger partial charge in [0.2, 0.25) is 5.95 Å². The highest BCUT2D eigenvalue weighted by Crippen LogP contribution is 2.25. The molecular weight excluding hydrogens is 401 g/mol. The van der Waals surface area contributed by atoms with E-state index in [9.17, 15) is 4.39 Å². The van der Waals surface area contributed by atoms with E-state index in [0.717, 1.165) is 11.3 Å². The lowest BCUT2D eigenvalue weighted by Gasteiger charge is -2.10. The maximum atomic E-state index is 13.0. The number of anilines is 4. The standard InChI is InChI=1S/C18H15BrFN5O/c1-11(25-26)12-2-6-15(7-3-12)23-18-21-10-16(19)17(24-18)22-14-8-4-13(20)5-9-14/h2-10,26H,1H3,(H2,21,22,23,24). The molecule has 0 saturated carbocycles. The van der Waals surface area contributed by atoms with Crippen molar-refractivity contribution in [2.45, 2.75) is 6.92 Å². The van der Waals surface area contributed by atoms with Gasteiger partial charge in [-0.05, 0) is 64.8 Å². The molecule has 6 nitrogen and oxygen atoms in total. The van der Waals surface area contributed by atoms with Crippen molar-refractivity contribution >= 4 is 44.8 Å². The molecule has 3 rings (SSSR count). The predicted octanol–water partition coefficient (Wildman–Crippen LogP) is 5.06. The second-order valence-corrected chi connectivity index (χ2v) is 6.26.